The van der Waals surface area contributed by atoms with E-state index in [1.54, 1.807) is 24.8 Å². The molecule has 3 heterocycles. The molecule has 0 amide bonds. The lowest BCUT2D eigenvalue weighted by Crippen LogP contribution is -2.20. The number of esters is 1. The number of carbonyl (C=O) groups is 1. The zero-order chi connectivity index (χ0) is 15.0. The Bertz CT molecular complexity index is 884. The molecule has 0 saturated heterocycles. The molecule has 21 heavy (non-hydrogen) atoms. The van der Waals surface area contributed by atoms with Crippen molar-refractivity contribution in [2.24, 2.45) is 7.05 Å². The van der Waals surface area contributed by atoms with Crippen molar-refractivity contribution in [3.63, 3.8) is 0 Å². The molecule has 3 aromatic rings. The molecule has 0 atom stereocenters. The van der Waals surface area contributed by atoms with E-state index in [1.165, 1.54) is 22.9 Å². The second-order valence-corrected chi connectivity index (χ2v) is 5.29. The van der Waals surface area contributed by atoms with Gasteiger partial charge in [0.2, 0.25) is 0 Å². The quantitative estimate of drug-likeness (QED) is 0.677. The first-order valence-electron chi connectivity index (χ1n) is 6.15. The van der Waals surface area contributed by atoms with Crippen LogP contribution in [0.4, 0.5) is 0 Å². The van der Waals surface area contributed by atoms with Gasteiger partial charge in [-0.2, -0.15) is 5.10 Å². The third-order valence-electron chi connectivity index (χ3n) is 2.94. The molecular weight excluding hydrogens is 290 g/mol. The zero-order valence-electron chi connectivity index (χ0n) is 11.4. The molecule has 0 aliphatic heterocycles. The molecule has 106 valence electrons. The van der Waals surface area contributed by atoms with Crippen LogP contribution < -0.4 is 10.3 Å². The fraction of sp³-hybridized carbons (Fsp3) is 0.143. The largest absolute Gasteiger partial charge is 0.425 e. The predicted molar refractivity (Wildman–Crippen MR) is 79.4 cm³/mol. The summed E-state index contributed by atoms with van der Waals surface area (Å²) < 4.78 is 7.06. The number of hydrogen-bond acceptors (Lipinski definition) is 6. The van der Waals surface area contributed by atoms with E-state index in [4.69, 9.17) is 4.74 Å². The molecule has 0 N–H and O–H groups in total. The normalized spacial score (nSPS) is 10.8. The van der Waals surface area contributed by atoms with Crippen LogP contribution in [0, 0.1) is 0 Å². The second kappa shape index (κ2) is 5.10. The Morgan fingerprint density at radius 2 is 2.05 bits per heavy atom. The average Bonchev–Trinajstić information content (AvgIpc) is 2.87. The highest BCUT2D eigenvalue weighted by Crippen LogP contribution is 2.35. The van der Waals surface area contributed by atoms with Crippen molar-refractivity contribution in [3.8, 4) is 17.0 Å². The van der Waals surface area contributed by atoms with Crippen LogP contribution in [-0.2, 0) is 11.8 Å². The molecule has 0 aromatic carbocycles. The number of carbonyl (C=O) groups excluding carboxylic acids is 1. The van der Waals surface area contributed by atoms with E-state index in [2.05, 4.69) is 10.1 Å². The lowest BCUT2D eigenvalue weighted by atomic mass is 10.1. The molecule has 7 heteroatoms. The van der Waals surface area contributed by atoms with Gasteiger partial charge in [-0.3, -0.25) is 14.6 Å². The highest BCUT2D eigenvalue weighted by atomic mass is 32.1. The number of fused-ring (bicyclic) bond motifs is 1. The number of thiophene rings is 1. The number of rotatable bonds is 2. The minimum absolute atomic E-state index is 0.279. The van der Waals surface area contributed by atoms with Gasteiger partial charge >= 0.3 is 5.97 Å². The van der Waals surface area contributed by atoms with E-state index in [9.17, 15) is 9.59 Å². The summed E-state index contributed by atoms with van der Waals surface area (Å²) in [6, 6.07) is 3.63. The predicted octanol–water partition coefficient (Wildman–Crippen LogP) is 1.98. The highest BCUT2D eigenvalue weighted by molar-refractivity contribution is 7.18. The summed E-state index contributed by atoms with van der Waals surface area (Å²) in [6.07, 6.45) is 3.32. The zero-order valence-corrected chi connectivity index (χ0v) is 12.2. The molecule has 3 aromatic heterocycles. The lowest BCUT2D eigenvalue weighted by molar-refractivity contribution is -0.131. The molecule has 6 nitrogen and oxygen atoms in total. The van der Waals surface area contributed by atoms with E-state index >= 15 is 0 Å². The van der Waals surface area contributed by atoms with Crippen molar-refractivity contribution in [2.75, 3.05) is 0 Å². The van der Waals surface area contributed by atoms with Crippen LogP contribution in [0.5, 0.6) is 5.75 Å². The van der Waals surface area contributed by atoms with Gasteiger partial charge in [0.05, 0.1) is 4.70 Å². The third kappa shape index (κ3) is 2.31. The highest BCUT2D eigenvalue weighted by Gasteiger charge is 2.18. The standard InChI is InChI=1S/C14H11N3O3S/c1-8(18)20-10-7-21-13-11(10)14(19)17(2)16-12(13)9-3-5-15-6-4-9/h3-7H,1-2H3. The number of aryl methyl sites for hydroxylation is 1. The lowest BCUT2D eigenvalue weighted by Gasteiger charge is -2.05. The van der Waals surface area contributed by atoms with Crippen LogP contribution in [0.15, 0.2) is 34.7 Å². The van der Waals surface area contributed by atoms with Crippen LogP contribution in [0.25, 0.3) is 21.3 Å². The summed E-state index contributed by atoms with van der Waals surface area (Å²) in [4.78, 5) is 27.4. The summed E-state index contributed by atoms with van der Waals surface area (Å²) >= 11 is 1.33. The van der Waals surface area contributed by atoms with Crippen molar-refractivity contribution in [1.29, 1.82) is 0 Å². The van der Waals surface area contributed by atoms with E-state index in [1.807, 2.05) is 12.1 Å². The van der Waals surface area contributed by atoms with Gasteiger partial charge in [0.15, 0.2) is 5.75 Å². The molecule has 0 aliphatic carbocycles. The smallest absolute Gasteiger partial charge is 0.308 e. The van der Waals surface area contributed by atoms with Crippen LogP contribution in [0.1, 0.15) is 6.92 Å². The molecule has 0 bridgehead atoms. The Balaban J connectivity index is 2.33. The number of aromatic nitrogens is 3. The molecule has 0 radical (unpaired) electrons. The first kappa shape index (κ1) is 13.4. The molecule has 0 unspecified atom stereocenters. The number of nitrogens with zero attached hydrogens (tertiary/aromatic N) is 3. The molecule has 0 aliphatic rings. The number of pyridine rings is 1. The Morgan fingerprint density at radius 3 is 2.71 bits per heavy atom. The number of ether oxygens (including phenoxy) is 1. The Hall–Kier alpha value is -2.54. The monoisotopic (exact) mass is 301 g/mol. The SMILES string of the molecule is CC(=O)Oc1csc2c(-c3ccncc3)nn(C)c(=O)c12. The van der Waals surface area contributed by atoms with Crippen molar-refractivity contribution in [1.82, 2.24) is 14.8 Å². The molecule has 0 fully saturated rings. The minimum atomic E-state index is -0.459. The van der Waals surface area contributed by atoms with Gasteiger partial charge in [0.25, 0.3) is 5.56 Å². The van der Waals surface area contributed by atoms with Crippen molar-refractivity contribution in [2.45, 2.75) is 6.92 Å². The first-order chi connectivity index (χ1) is 10.1. The van der Waals surface area contributed by atoms with Gasteiger partial charge in [-0.05, 0) is 12.1 Å². The van der Waals surface area contributed by atoms with Crippen LogP contribution >= 0.6 is 11.3 Å². The van der Waals surface area contributed by atoms with Crippen LogP contribution in [-0.4, -0.2) is 20.7 Å². The van der Waals surface area contributed by atoms with Crippen molar-refractivity contribution in [3.05, 3.63) is 40.3 Å². The maximum atomic E-state index is 12.3. The van der Waals surface area contributed by atoms with E-state index in [-0.39, 0.29) is 11.3 Å². The summed E-state index contributed by atoms with van der Waals surface area (Å²) in [6.45, 7) is 1.30. The van der Waals surface area contributed by atoms with Gasteiger partial charge < -0.3 is 4.74 Å². The molecular formula is C14H11N3O3S. The number of hydrogen-bond donors (Lipinski definition) is 0. The van der Waals surface area contributed by atoms with Crippen molar-refractivity contribution >= 4 is 27.4 Å². The van der Waals surface area contributed by atoms with Gasteiger partial charge in [-0.15, -0.1) is 11.3 Å². The fourth-order valence-corrected chi connectivity index (χ4v) is 3.02. The third-order valence-corrected chi connectivity index (χ3v) is 3.90. The van der Waals surface area contributed by atoms with Crippen LogP contribution in [0.3, 0.4) is 0 Å². The van der Waals surface area contributed by atoms with Crippen molar-refractivity contribution < 1.29 is 9.53 Å². The van der Waals surface area contributed by atoms with Gasteiger partial charge in [0, 0.05) is 37.3 Å². The second-order valence-electron chi connectivity index (χ2n) is 4.41. The molecule has 3 rings (SSSR count). The van der Waals surface area contributed by atoms with Crippen LogP contribution in [0.2, 0.25) is 0 Å². The van der Waals surface area contributed by atoms with Gasteiger partial charge in [-0.25, -0.2) is 4.68 Å². The summed E-state index contributed by atoms with van der Waals surface area (Å²) in [5.41, 5.74) is 1.22. The summed E-state index contributed by atoms with van der Waals surface area (Å²) in [5, 5.41) is 6.34. The first-order valence-corrected chi connectivity index (χ1v) is 7.03. The summed E-state index contributed by atoms with van der Waals surface area (Å²) in [7, 11) is 1.57. The van der Waals surface area contributed by atoms with E-state index < -0.39 is 5.97 Å². The van der Waals surface area contributed by atoms with E-state index in [0.717, 1.165) is 5.56 Å². The Labute approximate surface area is 123 Å². The minimum Gasteiger partial charge on any atom is -0.425 e. The molecule has 0 spiro atoms. The topological polar surface area (TPSA) is 74.1 Å². The Morgan fingerprint density at radius 1 is 1.33 bits per heavy atom. The van der Waals surface area contributed by atoms with Gasteiger partial charge in [-0.1, -0.05) is 0 Å². The Kier molecular flexibility index (Phi) is 3.26. The maximum absolute atomic E-state index is 12.3. The maximum Gasteiger partial charge on any atom is 0.308 e. The molecule has 0 saturated carbocycles. The fourth-order valence-electron chi connectivity index (χ4n) is 2.05. The van der Waals surface area contributed by atoms with Gasteiger partial charge in [0.1, 0.15) is 11.1 Å². The average molecular weight is 301 g/mol. The summed E-state index contributed by atoms with van der Waals surface area (Å²) in [5.74, 6) is -0.181. The van der Waals surface area contributed by atoms with E-state index in [0.29, 0.717) is 15.8 Å².